The summed E-state index contributed by atoms with van der Waals surface area (Å²) in [5.74, 6) is 0.365. The topological polar surface area (TPSA) is 77.2 Å². The van der Waals surface area contributed by atoms with Crippen LogP contribution in [0.3, 0.4) is 0 Å². The summed E-state index contributed by atoms with van der Waals surface area (Å²) in [6.07, 6.45) is 6.30. The van der Waals surface area contributed by atoms with Gasteiger partial charge in [-0.2, -0.15) is 15.1 Å². The molecule has 3 atom stereocenters. The van der Waals surface area contributed by atoms with E-state index in [1.807, 2.05) is 0 Å². The number of nitrogens with zero attached hydrogens (tertiary/aromatic N) is 5. The second-order valence-electron chi connectivity index (χ2n) is 8.18. The Morgan fingerprint density at radius 1 is 1.25 bits per heavy atom. The molecule has 1 aromatic carbocycles. The van der Waals surface area contributed by atoms with Crippen LogP contribution in [-0.2, 0) is 0 Å². The van der Waals surface area contributed by atoms with Gasteiger partial charge in [0.25, 0.3) is 0 Å². The van der Waals surface area contributed by atoms with Gasteiger partial charge in [-0.1, -0.05) is 13.0 Å². The summed E-state index contributed by atoms with van der Waals surface area (Å²) in [7, 11) is 0. The van der Waals surface area contributed by atoms with Gasteiger partial charge in [-0.15, -0.1) is 0 Å². The molecule has 1 saturated carbocycles. The van der Waals surface area contributed by atoms with Crippen LogP contribution < -0.4 is 10.1 Å². The molecule has 0 bridgehead atoms. The van der Waals surface area contributed by atoms with E-state index in [1.54, 1.807) is 42.2 Å². The van der Waals surface area contributed by atoms with Crippen molar-refractivity contribution in [2.45, 2.75) is 26.3 Å². The predicted octanol–water partition coefficient (Wildman–Crippen LogP) is 4.67. The third-order valence-electron chi connectivity index (χ3n) is 5.76. The zero-order valence-electron chi connectivity index (χ0n) is 17.7. The van der Waals surface area contributed by atoms with Crippen molar-refractivity contribution in [1.82, 2.24) is 24.6 Å². The molecule has 1 aliphatic carbocycles. The minimum absolute atomic E-state index is 0.228. The molecule has 5 rings (SSSR count). The molecule has 3 heterocycles. The number of halogens is 2. The average Bonchev–Trinajstić information content (AvgIpc) is 3.30. The van der Waals surface area contributed by atoms with E-state index in [0.29, 0.717) is 41.2 Å². The van der Waals surface area contributed by atoms with E-state index in [4.69, 9.17) is 4.74 Å². The van der Waals surface area contributed by atoms with Gasteiger partial charge in [0.15, 0.2) is 5.65 Å². The second kappa shape index (κ2) is 8.14. The highest BCUT2D eigenvalue weighted by atomic mass is 19.1. The molecule has 2 unspecified atom stereocenters. The van der Waals surface area contributed by atoms with Crippen LogP contribution in [0, 0.1) is 23.5 Å². The molecule has 0 amide bonds. The third-order valence-corrected chi connectivity index (χ3v) is 5.76. The van der Waals surface area contributed by atoms with Gasteiger partial charge in [0.05, 0.1) is 30.1 Å². The van der Waals surface area contributed by atoms with Gasteiger partial charge in [0.1, 0.15) is 17.5 Å². The third kappa shape index (κ3) is 4.10. The monoisotopic (exact) mass is 436 g/mol. The normalized spacial score (nSPS) is 18.5. The van der Waals surface area contributed by atoms with Gasteiger partial charge in [-0.25, -0.2) is 18.3 Å². The number of rotatable bonds is 7. The smallest absolute Gasteiger partial charge is 0.318 e. The van der Waals surface area contributed by atoms with Crippen molar-refractivity contribution in [3.05, 3.63) is 66.1 Å². The predicted molar refractivity (Wildman–Crippen MR) is 115 cm³/mol. The highest BCUT2D eigenvalue weighted by molar-refractivity contribution is 5.75. The van der Waals surface area contributed by atoms with Crippen molar-refractivity contribution in [2.24, 2.45) is 11.8 Å². The standard InChI is InChI=1S/C23H22F2N6O/c1-13-8-15(13)12-32-23-29-20(18-11-27-31-7-3-6-26-22(18)31)10-21(30-23)28-14(2)17-5-4-16(24)9-19(17)25/h3-7,9-11,13-15H,8,12H2,1-2H3,(H,28,29,30)/t13?,14-,15?/m0/s1. The number of benzene rings is 1. The summed E-state index contributed by atoms with van der Waals surface area (Å²) < 4.78 is 35.1. The van der Waals surface area contributed by atoms with E-state index in [-0.39, 0.29) is 6.01 Å². The lowest BCUT2D eigenvalue weighted by molar-refractivity contribution is 0.271. The fourth-order valence-corrected chi connectivity index (χ4v) is 3.67. The lowest BCUT2D eigenvalue weighted by Crippen LogP contribution is -2.12. The Hall–Kier alpha value is -3.62. The zero-order chi connectivity index (χ0) is 22.2. The maximum atomic E-state index is 14.3. The number of ether oxygens (including phenoxy) is 1. The van der Waals surface area contributed by atoms with Crippen molar-refractivity contribution >= 4 is 11.5 Å². The molecule has 1 fully saturated rings. The summed E-state index contributed by atoms with van der Waals surface area (Å²) in [4.78, 5) is 13.4. The molecular formula is C23H22F2N6O. The van der Waals surface area contributed by atoms with Gasteiger partial charge in [0.2, 0.25) is 0 Å². The molecule has 4 aromatic rings. The van der Waals surface area contributed by atoms with Crippen LogP contribution >= 0.6 is 0 Å². The summed E-state index contributed by atoms with van der Waals surface area (Å²) in [5, 5.41) is 7.50. The van der Waals surface area contributed by atoms with Gasteiger partial charge in [-0.05, 0) is 37.3 Å². The molecule has 32 heavy (non-hydrogen) atoms. The number of fused-ring (bicyclic) bond motifs is 1. The number of aromatic nitrogens is 5. The first kappa shape index (κ1) is 20.3. The Kier molecular flexibility index (Phi) is 5.16. The van der Waals surface area contributed by atoms with E-state index >= 15 is 0 Å². The molecule has 1 N–H and O–H groups in total. The van der Waals surface area contributed by atoms with Crippen LogP contribution in [0.4, 0.5) is 14.6 Å². The van der Waals surface area contributed by atoms with Crippen molar-refractivity contribution in [2.75, 3.05) is 11.9 Å². The highest BCUT2D eigenvalue weighted by Crippen LogP contribution is 2.38. The number of hydrogen-bond donors (Lipinski definition) is 1. The van der Waals surface area contributed by atoms with E-state index < -0.39 is 17.7 Å². The summed E-state index contributed by atoms with van der Waals surface area (Å²) >= 11 is 0. The fourth-order valence-electron chi connectivity index (χ4n) is 3.67. The Morgan fingerprint density at radius 3 is 2.88 bits per heavy atom. The highest BCUT2D eigenvalue weighted by Gasteiger charge is 2.33. The molecule has 0 radical (unpaired) electrons. The first-order chi connectivity index (χ1) is 15.5. The van der Waals surface area contributed by atoms with Gasteiger partial charge in [-0.3, -0.25) is 0 Å². The van der Waals surface area contributed by atoms with Gasteiger partial charge >= 0.3 is 6.01 Å². The van der Waals surface area contributed by atoms with E-state index in [0.717, 1.165) is 18.1 Å². The fraction of sp³-hybridized carbons (Fsp3) is 0.304. The lowest BCUT2D eigenvalue weighted by Gasteiger charge is -2.17. The van der Waals surface area contributed by atoms with E-state index in [1.165, 1.54) is 12.1 Å². The quantitative estimate of drug-likeness (QED) is 0.454. The van der Waals surface area contributed by atoms with Gasteiger partial charge < -0.3 is 10.1 Å². The van der Waals surface area contributed by atoms with Crippen molar-refractivity contribution in [3.8, 4) is 17.3 Å². The minimum Gasteiger partial charge on any atom is -0.463 e. The molecule has 0 aliphatic heterocycles. The van der Waals surface area contributed by atoms with Crippen LogP contribution in [-0.4, -0.2) is 31.2 Å². The van der Waals surface area contributed by atoms with E-state index in [2.05, 4.69) is 32.3 Å². The first-order valence-electron chi connectivity index (χ1n) is 10.5. The van der Waals surface area contributed by atoms with Crippen LogP contribution in [0.1, 0.15) is 31.9 Å². The Morgan fingerprint density at radius 2 is 2.09 bits per heavy atom. The molecule has 164 valence electrons. The second-order valence-corrected chi connectivity index (χ2v) is 8.18. The largest absolute Gasteiger partial charge is 0.463 e. The summed E-state index contributed by atoms with van der Waals surface area (Å²) in [6.45, 7) is 4.50. The molecule has 1 aliphatic rings. The van der Waals surface area contributed by atoms with Gasteiger partial charge in [0, 0.05) is 30.1 Å². The van der Waals surface area contributed by atoms with Crippen LogP contribution in [0.25, 0.3) is 16.9 Å². The van der Waals surface area contributed by atoms with E-state index in [9.17, 15) is 8.78 Å². The molecular weight excluding hydrogens is 414 g/mol. The minimum atomic E-state index is -0.620. The molecule has 9 heteroatoms. The Balaban J connectivity index is 1.48. The number of anilines is 1. The Bertz CT molecular complexity index is 1280. The number of hydrogen-bond acceptors (Lipinski definition) is 6. The van der Waals surface area contributed by atoms with Crippen LogP contribution in [0.2, 0.25) is 0 Å². The average molecular weight is 436 g/mol. The van der Waals surface area contributed by atoms with Crippen molar-refractivity contribution < 1.29 is 13.5 Å². The van der Waals surface area contributed by atoms with Crippen molar-refractivity contribution in [3.63, 3.8) is 0 Å². The Labute approximate surface area is 183 Å². The number of nitrogens with one attached hydrogen (secondary N) is 1. The molecule has 0 spiro atoms. The van der Waals surface area contributed by atoms with Crippen LogP contribution in [0.15, 0.2) is 48.9 Å². The zero-order valence-corrected chi connectivity index (χ0v) is 17.7. The maximum Gasteiger partial charge on any atom is 0.318 e. The molecule has 7 nitrogen and oxygen atoms in total. The summed E-state index contributed by atoms with van der Waals surface area (Å²) in [5.41, 5.74) is 2.29. The summed E-state index contributed by atoms with van der Waals surface area (Å²) in [6, 6.07) is 6.83. The lowest BCUT2D eigenvalue weighted by atomic mass is 10.1. The van der Waals surface area contributed by atoms with Crippen LogP contribution in [0.5, 0.6) is 6.01 Å². The SMILES string of the molecule is CC1CC1COc1nc(N[C@@H](C)c2ccc(F)cc2F)cc(-c2cnn3cccnc23)n1. The molecule has 0 saturated heterocycles. The molecule has 3 aromatic heterocycles. The maximum absolute atomic E-state index is 14.3. The van der Waals surface area contributed by atoms with Crippen molar-refractivity contribution in [1.29, 1.82) is 0 Å². The first-order valence-corrected chi connectivity index (χ1v) is 10.5.